The normalized spacial score (nSPS) is 11.4. The zero-order valence-corrected chi connectivity index (χ0v) is 8.77. The van der Waals surface area contributed by atoms with Gasteiger partial charge in [-0.25, -0.2) is 0 Å². The molecule has 4 nitrogen and oxygen atoms in total. The van der Waals surface area contributed by atoms with Crippen LogP contribution in [0.5, 0.6) is 0 Å². The van der Waals surface area contributed by atoms with Gasteiger partial charge in [0.2, 0.25) is 0 Å². The molecule has 0 aliphatic carbocycles. The molecule has 0 amide bonds. The highest BCUT2D eigenvalue weighted by Gasteiger charge is 2.01. The van der Waals surface area contributed by atoms with E-state index in [4.69, 9.17) is 0 Å². The van der Waals surface area contributed by atoms with E-state index in [-0.39, 0.29) is 11.7 Å². The van der Waals surface area contributed by atoms with Crippen molar-refractivity contribution in [3.8, 4) is 0 Å². The number of aryl methyl sites for hydroxylation is 1. The van der Waals surface area contributed by atoms with Gasteiger partial charge in [0.1, 0.15) is 12.2 Å². The lowest BCUT2D eigenvalue weighted by molar-refractivity contribution is -0.117. The minimum atomic E-state index is 0.0632. The van der Waals surface area contributed by atoms with Crippen molar-refractivity contribution in [3.63, 3.8) is 0 Å². The minimum Gasteiger partial charge on any atom is -0.314 e. The molecule has 0 atom stereocenters. The number of carbonyl (C=O) groups is 1. The largest absolute Gasteiger partial charge is 0.314 e. The van der Waals surface area contributed by atoms with Gasteiger partial charge < -0.3 is 4.57 Å². The topological polar surface area (TPSA) is 47.8 Å². The summed E-state index contributed by atoms with van der Waals surface area (Å²) < 4.78 is 1.88. The first-order valence-corrected chi connectivity index (χ1v) is 4.66. The maximum atomic E-state index is 11.2. The summed E-state index contributed by atoms with van der Waals surface area (Å²) in [6, 6.07) is 0. The number of aromatic nitrogens is 3. The van der Waals surface area contributed by atoms with Crippen LogP contribution in [0, 0.1) is 12.8 Å². The van der Waals surface area contributed by atoms with Gasteiger partial charge in [-0.15, -0.1) is 10.2 Å². The van der Waals surface area contributed by atoms with Crippen molar-refractivity contribution in [1.82, 2.24) is 14.8 Å². The van der Waals surface area contributed by atoms with Crippen molar-refractivity contribution in [3.05, 3.63) is 24.3 Å². The number of allylic oxidation sites excluding steroid dienone is 2. The average Bonchev–Trinajstić information content (AvgIpc) is 2.51. The van der Waals surface area contributed by atoms with E-state index >= 15 is 0 Å². The van der Waals surface area contributed by atoms with E-state index in [1.165, 1.54) is 0 Å². The highest BCUT2D eigenvalue weighted by molar-refractivity contribution is 5.91. The second-order valence-electron chi connectivity index (χ2n) is 3.49. The van der Waals surface area contributed by atoms with Crippen molar-refractivity contribution in [1.29, 1.82) is 0 Å². The molecule has 0 fully saturated rings. The molecule has 0 aliphatic heterocycles. The third-order valence-corrected chi connectivity index (χ3v) is 1.96. The number of nitrogens with zero attached hydrogens (tertiary/aromatic N) is 3. The van der Waals surface area contributed by atoms with E-state index in [1.54, 1.807) is 12.4 Å². The van der Waals surface area contributed by atoms with Gasteiger partial charge in [0, 0.05) is 12.5 Å². The number of ketones is 1. The molecule has 0 bridgehead atoms. The number of rotatable bonds is 4. The molecule has 1 aromatic rings. The Morgan fingerprint density at radius 1 is 1.64 bits per heavy atom. The van der Waals surface area contributed by atoms with Gasteiger partial charge in [0.05, 0.1) is 0 Å². The Morgan fingerprint density at radius 2 is 2.36 bits per heavy atom. The van der Waals surface area contributed by atoms with Crippen LogP contribution in [0.4, 0.5) is 0 Å². The summed E-state index contributed by atoms with van der Waals surface area (Å²) in [7, 11) is 0. The molecule has 0 radical (unpaired) electrons. The molecule has 1 aromatic heterocycles. The van der Waals surface area contributed by atoms with Crippen LogP contribution < -0.4 is 0 Å². The van der Waals surface area contributed by atoms with Gasteiger partial charge in [0.15, 0.2) is 5.78 Å². The van der Waals surface area contributed by atoms with Gasteiger partial charge in [-0.2, -0.15) is 0 Å². The van der Waals surface area contributed by atoms with Gasteiger partial charge in [-0.3, -0.25) is 4.79 Å². The Hall–Kier alpha value is -1.45. The Kier molecular flexibility index (Phi) is 3.56. The highest BCUT2D eigenvalue weighted by atomic mass is 16.1. The molecule has 0 aliphatic rings. The third kappa shape index (κ3) is 2.80. The van der Waals surface area contributed by atoms with Crippen molar-refractivity contribution in [2.75, 3.05) is 0 Å². The Labute approximate surface area is 83.6 Å². The lowest BCUT2D eigenvalue weighted by atomic mass is 10.1. The minimum absolute atomic E-state index is 0.0632. The molecule has 0 aromatic carbocycles. The molecule has 76 valence electrons. The number of carbonyl (C=O) groups excluding carboxylic acids is 1. The van der Waals surface area contributed by atoms with E-state index in [0.29, 0.717) is 6.54 Å². The lowest BCUT2D eigenvalue weighted by Gasteiger charge is -1.98. The molecular formula is C10H15N3O. The molecule has 0 saturated heterocycles. The summed E-state index contributed by atoms with van der Waals surface area (Å²) in [5, 5.41) is 7.59. The van der Waals surface area contributed by atoms with E-state index in [0.717, 1.165) is 5.82 Å². The standard InChI is InChI=1S/C10H15N3O/c1-8(2)10(14)5-4-6-13-7-11-12-9(13)3/h4-5,7-8H,6H2,1-3H3/b5-4+. The fraction of sp³-hybridized carbons (Fsp3) is 0.500. The van der Waals surface area contributed by atoms with Crippen LogP contribution in [0.15, 0.2) is 18.5 Å². The monoisotopic (exact) mass is 193 g/mol. The maximum absolute atomic E-state index is 11.2. The van der Waals surface area contributed by atoms with Crippen LogP contribution in [-0.2, 0) is 11.3 Å². The number of hydrogen-bond acceptors (Lipinski definition) is 3. The van der Waals surface area contributed by atoms with E-state index in [9.17, 15) is 4.79 Å². The third-order valence-electron chi connectivity index (χ3n) is 1.96. The molecule has 0 unspecified atom stereocenters. The number of hydrogen-bond donors (Lipinski definition) is 0. The smallest absolute Gasteiger partial charge is 0.157 e. The van der Waals surface area contributed by atoms with E-state index < -0.39 is 0 Å². The average molecular weight is 193 g/mol. The SMILES string of the molecule is Cc1nncn1C/C=C/C(=O)C(C)C. The summed E-state index contributed by atoms with van der Waals surface area (Å²) in [5.41, 5.74) is 0. The predicted molar refractivity (Wildman–Crippen MR) is 53.7 cm³/mol. The molecule has 1 heterocycles. The Balaban J connectivity index is 2.49. The van der Waals surface area contributed by atoms with Gasteiger partial charge in [-0.1, -0.05) is 19.9 Å². The van der Waals surface area contributed by atoms with Crippen LogP contribution in [0.3, 0.4) is 0 Å². The zero-order valence-electron chi connectivity index (χ0n) is 8.77. The molecule has 0 saturated carbocycles. The summed E-state index contributed by atoms with van der Waals surface area (Å²) in [6.07, 6.45) is 5.10. The first-order valence-electron chi connectivity index (χ1n) is 4.66. The molecule has 14 heavy (non-hydrogen) atoms. The first kappa shape index (κ1) is 10.6. The summed E-state index contributed by atoms with van der Waals surface area (Å²) in [5.74, 6) is 1.07. The van der Waals surface area contributed by atoms with Crippen LogP contribution in [-0.4, -0.2) is 20.5 Å². The maximum Gasteiger partial charge on any atom is 0.157 e. The van der Waals surface area contributed by atoms with Crippen LogP contribution >= 0.6 is 0 Å². The van der Waals surface area contributed by atoms with Gasteiger partial charge >= 0.3 is 0 Å². The molecule has 1 rings (SSSR count). The zero-order chi connectivity index (χ0) is 10.6. The van der Waals surface area contributed by atoms with Crippen molar-refractivity contribution in [2.24, 2.45) is 5.92 Å². The van der Waals surface area contributed by atoms with E-state index in [1.807, 2.05) is 31.4 Å². The second kappa shape index (κ2) is 4.69. The first-order chi connectivity index (χ1) is 6.61. The summed E-state index contributed by atoms with van der Waals surface area (Å²) in [6.45, 7) is 6.30. The Morgan fingerprint density at radius 3 is 2.86 bits per heavy atom. The summed E-state index contributed by atoms with van der Waals surface area (Å²) >= 11 is 0. The van der Waals surface area contributed by atoms with Gasteiger partial charge in [0.25, 0.3) is 0 Å². The predicted octanol–water partition coefficient (Wildman–Crippen LogP) is 1.37. The van der Waals surface area contributed by atoms with Crippen LogP contribution in [0.1, 0.15) is 19.7 Å². The van der Waals surface area contributed by atoms with Crippen LogP contribution in [0.25, 0.3) is 0 Å². The molecule has 4 heteroatoms. The highest BCUT2D eigenvalue weighted by Crippen LogP contribution is 1.97. The van der Waals surface area contributed by atoms with Crippen LogP contribution in [0.2, 0.25) is 0 Å². The molecular weight excluding hydrogens is 178 g/mol. The van der Waals surface area contributed by atoms with Crippen molar-refractivity contribution in [2.45, 2.75) is 27.3 Å². The fourth-order valence-corrected chi connectivity index (χ4v) is 0.967. The summed E-state index contributed by atoms with van der Waals surface area (Å²) in [4.78, 5) is 11.2. The molecule has 0 spiro atoms. The fourth-order valence-electron chi connectivity index (χ4n) is 0.967. The van der Waals surface area contributed by atoms with Crippen molar-refractivity contribution >= 4 is 5.78 Å². The van der Waals surface area contributed by atoms with Gasteiger partial charge in [-0.05, 0) is 13.0 Å². The van der Waals surface area contributed by atoms with Crippen molar-refractivity contribution < 1.29 is 4.79 Å². The quantitative estimate of drug-likeness (QED) is 0.678. The second-order valence-corrected chi connectivity index (χ2v) is 3.49. The van der Waals surface area contributed by atoms with E-state index in [2.05, 4.69) is 10.2 Å². The molecule has 0 N–H and O–H groups in total. The Bertz CT molecular complexity index is 339. The lowest BCUT2D eigenvalue weighted by Crippen LogP contribution is -2.03.